The first-order valence-electron chi connectivity index (χ1n) is 5.49. The summed E-state index contributed by atoms with van der Waals surface area (Å²) in [6.07, 6.45) is 9.19. The van der Waals surface area contributed by atoms with Gasteiger partial charge in [-0.15, -0.1) is 0 Å². The second kappa shape index (κ2) is 2.49. The van der Waals surface area contributed by atoms with Gasteiger partial charge in [-0.05, 0) is 48.9 Å². The Kier molecular flexibility index (Phi) is 1.79. The van der Waals surface area contributed by atoms with Gasteiger partial charge in [-0.25, -0.2) is 0 Å². The van der Waals surface area contributed by atoms with Crippen molar-refractivity contribution in [3.63, 3.8) is 0 Å². The molecule has 0 unspecified atom stereocenters. The predicted molar refractivity (Wildman–Crippen MR) is 53.1 cm³/mol. The lowest BCUT2D eigenvalue weighted by atomic mass is 9.50. The molecule has 0 saturated heterocycles. The molecule has 0 amide bonds. The standard InChI is InChI=1S/C12H22/c1-11(2,3)7-10-8-12(9-10)5-4-6-12/h10H,4-9H2,1-3H3. The SMILES string of the molecule is CC(C)(C)CC1CC2(CCC2)C1. The van der Waals surface area contributed by atoms with Crippen molar-refractivity contribution in [2.75, 3.05) is 0 Å². The zero-order valence-corrected chi connectivity index (χ0v) is 8.82. The van der Waals surface area contributed by atoms with Gasteiger partial charge in [0, 0.05) is 0 Å². The van der Waals surface area contributed by atoms with E-state index in [-0.39, 0.29) is 0 Å². The first kappa shape index (κ1) is 8.59. The van der Waals surface area contributed by atoms with E-state index < -0.39 is 0 Å². The molecule has 2 rings (SSSR count). The zero-order chi connectivity index (χ0) is 8.82. The minimum absolute atomic E-state index is 0.565. The minimum Gasteiger partial charge on any atom is -0.0602 e. The first-order chi connectivity index (χ1) is 5.49. The third-order valence-electron chi connectivity index (χ3n) is 3.76. The van der Waals surface area contributed by atoms with Crippen molar-refractivity contribution in [1.82, 2.24) is 0 Å². The van der Waals surface area contributed by atoms with Gasteiger partial charge in [0.05, 0.1) is 0 Å². The van der Waals surface area contributed by atoms with Crippen LogP contribution in [0.15, 0.2) is 0 Å². The van der Waals surface area contributed by atoms with Gasteiger partial charge in [0.2, 0.25) is 0 Å². The van der Waals surface area contributed by atoms with E-state index in [1.54, 1.807) is 25.7 Å². The molecule has 0 nitrogen and oxygen atoms in total. The van der Waals surface area contributed by atoms with Crippen LogP contribution < -0.4 is 0 Å². The molecule has 0 aromatic heterocycles. The van der Waals surface area contributed by atoms with Crippen molar-refractivity contribution < 1.29 is 0 Å². The van der Waals surface area contributed by atoms with Crippen molar-refractivity contribution in [2.45, 2.75) is 59.3 Å². The Labute approximate surface area is 76.7 Å². The van der Waals surface area contributed by atoms with Crippen molar-refractivity contribution in [3.05, 3.63) is 0 Å². The van der Waals surface area contributed by atoms with Crippen LogP contribution in [0, 0.1) is 16.7 Å². The summed E-state index contributed by atoms with van der Waals surface area (Å²) in [5.41, 5.74) is 1.45. The van der Waals surface area contributed by atoms with Crippen LogP contribution in [-0.4, -0.2) is 0 Å². The van der Waals surface area contributed by atoms with Crippen LogP contribution in [0.2, 0.25) is 0 Å². The summed E-state index contributed by atoms with van der Waals surface area (Å²) in [6.45, 7) is 7.12. The molecule has 2 aliphatic rings. The Morgan fingerprint density at radius 3 is 2.08 bits per heavy atom. The van der Waals surface area contributed by atoms with Crippen LogP contribution in [0.25, 0.3) is 0 Å². The van der Waals surface area contributed by atoms with Crippen LogP contribution >= 0.6 is 0 Å². The lowest BCUT2D eigenvalue weighted by molar-refractivity contribution is -0.0393. The molecule has 1 spiro atoms. The van der Waals surface area contributed by atoms with Gasteiger partial charge < -0.3 is 0 Å². The quantitative estimate of drug-likeness (QED) is 0.552. The van der Waals surface area contributed by atoms with E-state index in [1.165, 1.54) is 12.8 Å². The fraction of sp³-hybridized carbons (Fsp3) is 1.00. The highest BCUT2D eigenvalue weighted by atomic mass is 14.5. The van der Waals surface area contributed by atoms with Crippen molar-refractivity contribution >= 4 is 0 Å². The first-order valence-corrected chi connectivity index (χ1v) is 5.49. The highest BCUT2D eigenvalue weighted by molar-refractivity contribution is 4.99. The molecule has 12 heavy (non-hydrogen) atoms. The summed E-state index contributed by atoms with van der Waals surface area (Å²) in [7, 11) is 0. The molecule has 2 saturated carbocycles. The van der Waals surface area contributed by atoms with Crippen LogP contribution in [-0.2, 0) is 0 Å². The lowest BCUT2D eigenvalue weighted by Gasteiger charge is -2.55. The monoisotopic (exact) mass is 166 g/mol. The number of hydrogen-bond donors (Lipinski definition) is 0. The molecule has 0 aliphatic heterocycles. The third kappa shape index (κ3) is 1.53. The average molecular weight is 166 g/mol. The Balaban J connectivity index is 1.74. The smallest absolute Gasteiger partial charge is 0.0292 e. The van der Waals surface area contributed by atoms with Gasteiger partial charge >= 0.3 is 0 Å². The fourth-order valence-electron chi connectivity index (χ4n) is 3.26. The molecule has 0 heteroatoms. The molecular formula is C12H22. The maximum absolute atomic E-state index is 2.37. The topological polar surface area (TPSA) is 0 Å². The van der Waals surface area contributed by atoms with Gasteiger partial charge in [-0.2, -0.15) is 0 Å². The minimum atomic E-state index is 0.565. The molecular weight excluding hydrogens is 144 g/mol. The molecule has 0 aromatic rings. The summed E-state index contributed by atoms with van der Waals surface area (Å²) in [5, 5.41) is 0. The van der Waals surface area contributed by atoms with E-state index >= 15 is 0 Å². The second-order valence-electron chi connectivity index (χ2n) is 6.39. The summed E-state index contributed by atoms with van der Waals surface area (Å²) in [4.78, 5) is 0. The van der Waals surface area contributed by atoms with Crippen LogP contribution in [0.1, 0.15) is 59.3 Å². The lowest BCUT2D eigenvalue weighted by Crippen LogP contribution is -2.43. The summed E-state index contributed by atoms with van der Waals surface area (Å²) < 4.78 is 0. The normalized spacial score (nSPS) is 28.2. The highest BCUT2D eigenvalue weighted by Crippen LogP contribution is 2.60. The molecule has 2 aliphatic carbocycles. The Bertz CT molecular complexity index is 161. The van der Waals surface area contributed by atoms with E-state index in [2.05, 4.69) is 20.8 Å². The molecule has 0 heterocycles. The second-order valence-corrected chi connectivity index (χ2v) is 6.39. The summed E-state index contributed by atoms with van der Waals surface area (Å²) in [5.74, 6) is 1.07. The maximum atomic E-state index is 2.37. The largest absolute Gasteiger partial charge is 0.0602 e. The van der Waals surface area contributed by atoms with Crippen molar-refractivity contribution in [3.8, 4) is 0 Å². The van der Waals surface area contributed by atoms with Crippen LogP contribution in [0.5, 0.6) is 0 Å². The van der Waals surface area contributed by atoms with E-state index in [9.17, 15) is 0 Å². The molecule has 0 N–H and O–H groups in total. The van der Waals surface area contributed by atoms with Gasteiger partial charge in [-0.1, -0.05) is 27.2 Å². The van der Waals surface area contributed by atoms with Crippen LogP contribution in [0.3, 0.4) is 0 Å². The van der Waals surface area contributed by atoms with E-state index in [0.29, 0.717) is 5.41 Å². The van der Waals surface area contributed by atoms with Gasteiger partial charge in [0.1, 0.15) is 0 Å². The predicted octanol–water partition coefficient (Wildman–Crippen LogP) is 4.00. The highest BCUT2D eigenvalue weighted by Gasteiger charge is 2.48. The van der Waals surface area contributed by atoms with E-state index in [0.717, 1.165) is 11.3 Å². The van der Waals surface area contributed by atoms with E-state index in [4.69, 9.17) is 0 Å². The molecule has 70 valence electrons. The van der Waals surface area contributed by atoms with Crippen LogP contribution in [0.4, 0.5) is 0 Å². The average Bonchev–Trinajstić information content (AvgIpc) is 1.69. The summed E-state index contributed by atoms with van der Waals surface area (Å²) in [6, 6.07) is 0. The number of rotatable bonds is 1. The molecule has 2 fully saturated rings. The zero-order valence-electron chi connectivity index (χ0n) is 8.82. The third-order valence-corrected chi connectivity index (χ3v) is 3.76. The Morgan fingerprint density at radius 2 is 1.75 bits per heavy atom. The van der Waals surface area contributed by atoms with Crippen molar-refractivity contribution in [1.29, 1.82) is 0 Å². The molecule has 0 aromatic carbocycles. The molecule has 0 radical (unpaired) electrons. The van der Waals surface area contributed by atoms with Gasteiger partial charge in [0.15, 0.2) is 0 Å². The van der Waals surface area contributed by atoms with E-state index in [1.807, 2.05) is 0 Å². The summed E-state index contributed by atoms with van der Waals surface area (Å²) >= 11 is 0. The Hall–Kier alpha value is 0. The molecule has 0 bridgehead atoms. The van der Waals surface area contributed by atoms with Crippen molar-refractivity contribution in [2.24, 2.45) is 16.7 Å². The van der Waals surface area contributed by atoms with Gasteiger partial charge in [0.25, 0.3) is 0 Å². The Morgan fingerprint density at radius 1 is 1.17 bits per heavy atom. The van der Waals surface area contributed by atoms with Gasteiger partial charge in [-0.3, -0.25) is 0 Å². The number of hydrogen-bond acceptors (Lipinski definition) is 0. The molecule has 0 atom stereocenters. The maximum Gasteiger partial charge on any atom is -0.0292 e. The fourth-order valence-corrected chi connectivity index (χ4v) is 3.26.